The van der Waals surface area contributed by atoms with Gasteiger partial charge in [-0.1, -0.05) is 13.8 Å². The van der Waals surface area contributed by atoms with Gasteiger partial charge in [0.25, 0.3) is 0 Å². The highest BCUT2D eigenvalue weighted by Gasteiger charge is 2.44. The second kappa shape index (κ2) is 2.27. The van der Waals surface area contributed by atoms with Crippen molar-refractivity contribution in [2.75, 3.05) is 6.54 Å². The van der Waals surface area contributed by atoms with Crippen LogP contribution in [0.1, 0.15) is 33.1 Å². The highest BCUT2D eigenvalue weighted by molar-refractivity contribution is 5.00. The van der Waals surface area contributed by atoms with E-state index in [1.807, 2.05) is 5.01 Å². The van der Waals surface area contributed by atoms with Crippen molar-refractivity contribution in [3.05, 3.63) is 0 Å². The largest absolute Gasteiger partial charge is 0.268 e. The second-order valence-corrected chi connectivity index (χ2v) is 2.86. The molecule has 0 spiro atoms. The maximum atomic E-state index is 5.76. The molecule has 54 valence electrons. The summed E-state index contributed by atoms with van der Waals surface area (Å²) in [7, 11) is 0. The van der Waals surface area contributed by atoms with E-state index in [4.69, 9.17) is 5.84 Å². The summed E-state index contributed by atoms with van der Waals surface area (Å²) < 4.78 is 0. The van der Waals surface area contributed by atoms with E-state index < -0.39 is 0 Å². The van der Waals surface area contributed by atoms with Gasteiger partial charge in [-0.3, -0.25) is 5.84 Å². The average Bonchev–Trinajstić information content (AvgIpc) is 2.66. The quantitative estimate of drug-likeness (QED) is 0.456. The third-order valence-corrected chi connectivity index (χ3v) is 2.44. The van der Waals surface area contributed by atoms with E-state index in [1.54, 1.807) is 0 Å². The van der Waals surface area contributed by atoms with Gasteiger partial charge in [-0.05, 0) is 19.3 Å². The van der Waals surface area contributed by atoms with Crippen molar-refractivity contribution in [2.24, 2.45) is 5.84 Å². The SMILES string of the molecule is CCN(N)C1(CC)CC1. The van der Waals surface area contributed by atoms with Gasteiger partial charge >= 0.3 is 0 Å². The van der Waals surface area contributed by atoms with Crippen LogP contribution in [-0.2, 0) is 0 Å². The topological polar surface area (TPSA) is 29.3 Å². The molecule has 1 aliphatic rings. The Labute approximate surface area is 57.0 Å². The van der Waals surface area contributed by atoms with E-state index in [9.17, 15) is 0 Å². The maximum Gasteiger partial charge on any atom is 0.0350 e. The van der Waals surface area contributed by atoms with E-state index in [2.05, 4.69) is 13.8 Å². The predicted octanol–water partition coefficient (Wildman–Crippen LogP) is 1.12. The van der Waals surface area contributed by atoms with Gasteiger partial charge in [-0.15, -0.1) is 0 Å². The van der Waals surface area contributed by atoms with E-state index >= 15 is 0 Å². The van der Waals surface area contributed by atoms with E-state index in [-0.39, 0.29) is 0 Å². The van der Waals surface area contributed by atoms with Crippen molar-refractivity contribution in [2.45, 2.75) is 38.6 Å². The summed E-state index contributed by atoms with van der Waals surface area (Å²) in [5.41, 5.74) is 0.411. The fourth-order valence-electron chi connectivity index (χ4n) is 1.32. The molecule has 0 saturated heterocycles. The van der Waals surface area contributed by atoms with Crippen molar-refractivity contribution < 1.29 is 0 Å². The van der Waals surface area contributed by atoms with Crippen molar-refractivity contribution in [3.8, 4) is 0 Å². The van der Waals surface area contributed by atoms with Gasteiger partial charge in [0, 0.05) is 12.1 Å². The Bertz CT molecular complexity index is 97.1. The minimum absolute atomic E-state index is 0.411. The Morgan fingerprint density at radius 3 is 2.11 bits per heavy atom. The van der Waals surface area contributed by atoms with Gasteiger partial charge in [0.05, 0.1) is 0 Å². The van der Waals surface area contributed by atoms with Crippen LogP contribution in [0.5, 0.6) is 0 Å². The Hall–Kier alpha value is -0.0800. The molecule has 0 heterocycles. The number of hydrogen-bond acceptors (Lipinski definition) is 2. The molecule has 2 N–H and O–H groups in total. The Kier molecular flexibility index (Phi) is 1.78. The van der Waals surface area contributed by atoms with Gasteiger partial charge in [0.15, 0.2) is 0 Å². The van der Waals surface area contributed by atoms with Crippen LogP contribution >= 0.6 is 0 Å². The summed E-state index contributed by atoms with van der Waals surface area (Å²) in [6.07, 6.45) is 3.80. The molecule has 1 saturated carbocycles. The first-order chi connectivity index (χ1) is 4.25. The first-order valence-electron chi connectivity index (χ1n) is 3.77. The lowest BCUT2D eigenvalue weighted by molar-refractivity contribution is 0.185. The summed E-state index contributed by atoms with van der Waals surface area (Å²) in [6.45, 7) is 5.30. The molecular weight excluding hydrogens is 112 g/mol. The van der Waals surface area contributed by atoms with Gasteiger partial charge in [0.1, 0.15) is 0 Å². The van der Waals surface area contributed by atoms with E-state index in [1.165, 1.54) is 19.3 Å². The fraction of sp³-hybridized carbons (Fsp3) is 1.00. The van der Waals surface area contributed by atoms with E-state index in [0.717, 1.165) is 6.54 Å². The monoisotopic (exact) mass is 128 g/mol. The van der Waals surface area contributed by atoms with Crippen LogP contribution in [0.4, 0.5) is 0 Å². The minimum atomic E-state index is 0.411. The molecule has 0 aromatic rings. The van der Waals surface area contributed by atoms with Gasteiger partial charge in [0.2, 0.25) is 0 Å². The van der Waals surface area contributed by atoms with E-state index in [0.29, 0.717) is 5.54 Å². The van der Waals surface area contributed by atoms with Crippen LogP contribution in [0, 0.1) is 0 Å². The smallest absolute Gasteiger partial charge is 0.0350 e. The Morgan fingerprint density at radius 2 is 2.00 bits per heavy atom. The third-order valence-electron chi connectivity index (χ3n) is 2.44. The zero-order valence-corrected chi connectivity index (χ0v) is 6.35. The van der Waals surface area contributed by atoms with Crippen molar-refractivity contribution in [1.29, 1.82) is 0 Å². The highest BCUT2D eigenvalue weighted by Crippen LogP contribution is 2.42. The lowest BCUT2D eigenvalue weighted by atomic mass is 10.2. The molecule has 0 aromatic carbocycles. The molecule has 0 bridgehead atoms. The summed E-state index contributed by atoms with van der Waals surface area (Å²) in [6, 6.07) is 0. The van der Waals surface area contributed by atoms with Gasteiger partial charge in [-0.2, -0.15) is 0 Å². The molecule has 0 unspecified atom stereocenters. The molecule has 1 rings (SSSR count). The van der Waals surface area contributed by atoms with Crippen molar-refractivity contribution >= 4 is 0 Å². The summed E-state index contributed by atoms with van der Waals surface area (Å²) in [5, 5.41) is 1.98. The first-order valence-corrected chi connectivity index (χ1v) is 3.77. The minimum Gasteiger partial charge on any atom is -0.268 e. The molecular formula is C7H16N2. The van der Waals surface area contributed by atoms with Crippen LogP contribution in [-0.4, -0.2) is 17.1 Å². The van der Waals surface area contributed by atoms with Crippen LogP contribution in [0.3, 0.4) is 0 Å². The maximum absolute atomic E-state index is 5.76. The van der Waals surface area contributed by atoms with Crippen LogP contribution < -0.4 is 5.84 Å². The zero-order chi connectivity index (χ0) is 6.91. The Balaban J connectivity index is 2.39. The van der Waals surface area contributed by atoms with Crippen LogP contribution in [0.2, 0.25) is 0 Å². The first kappa shape index (κ1) is 7.03. The molecule has 9 heavy (non-hydrogen) atoms. The van der Waals surface area contributed by atoms with Crippen LogP contribution in [0.15, 0.2) is 0 Å². The van der Waals surface area contributed by atoms with Crippen LogP contribution in [0.25, 0.3) is 0 Å². The standard InChI is InChI=1S/C7H16N2/c1-3-7(5-6-7)9(8)4-2/h3-6,8H2,1-2H3. The Morgan fingerprint density at radius 1 is 1.44 bits per heavy atom. The van der Waals surface area contributed by atoms with Gasteiger partial charge < -0.3 is 0 Å². The number of hydrogen-bond donors (Lipinski definition) is 1. The molecule has 0 aliphatic heterocycles. The summed E-state index contributed by atoms with van der Waals surface area (Å²) in [4.78, 5) is 0. The third kappa shape index (κ3) is 1.10. The number of nitrogens with two attached hydrogens (primary N) is 1. The number of hydrazine groups is 1. The van der Waals surface area contributed by atoms with Crippen molar-refractivity contribution in [3.63, 3.8) is 0 Å². The second-order valence-electron chi connectivity index (χ2n) is 2.86. The number of nitrogens with zero attached hydrogens (tertiary/aromatic N) is 1. The van der Waals surface area contributed by atoms with Gasteiger partial charge in [-0.25, -0.2) is 5.01 Å². The molecule has 2 nitrogen and oxygen atoms in total. The molecule has 0 radical (unpaired) electrons. The fourth-order valence-corrected chi connectivity index (χ4v) is 1.32. The summed E-state index contributed by atoms with van der Waals surface area (Å²) >= 11 is 0. The highest BCUT2D eigenvalue weighted by atomic mass is 15.5. The van der Waals surface area contributed by atoms with Crippen molar-refractivity contribution in [1.82, 2.24) is 5.01 Å². The average molecular weight is 128 g/mol. The molecule has 0 atom stereocenters. The lowest BCUT2D eigenvalue weighted by Crippen LogP contribution is -2.42. The molecule has 1 aliphatic carbocycles. The lowest BCUT2D eigenvalue weighted by Gasteiger charge is -2.24. The zero-order valence-electron chi connectivity index (χ0n) is 6.35. The number of rotatable bonds is 3. The summed E-state index contributed by atoms with van der Waals surface area (Å²) in [5.74, 6) is 5.76. The predicted molar refractivity (Wildman–Crippen MR) is 38.8 cm³/mol. The molecule has 0 amide bonds. The normalized spacial score (nSPS) is 22.7. The molecule has 1 fully saturated rings. The molecule has 0 aromatic heterocycles. The molecule has 2 heteroatoms.